The minimum Gasteiger partial charge on any atom is -0.328 e. The van der Waals surface area contributed by atoms with Gasteiger partial charge in [0.2, 0.25) is 0 Å². The summed E-state index contributed by atoms with van der Waals surface area (Å²) in [6.45, 7) is 3.97. The van der Waals surface area contributed by atoms with Gasteiger partial charge in [-0.05, 0) is 37.3 Å². The first-order valence-electron chi connectivity index (χ1n) is 6.08. The van der Waals surface area contributed by atoms with Crippen molar-refractivity contribution in [3.8, 4) is 0 Å². The van der Waals surface area contributed by atoms with Gasteiger partial charge in [0, 0.05) is 0 Å². The molecule has 1 aliphatic rings. The van der Waals surface area contributed by atoms with E-state index in [0.29, 0.717) is 0 Å². The third-order valence-electron chi connectivity index (χ3n) is 3.10. The summed E-state index contributed by atoms with van der Waals surface area (Å²) < 4.78 is 10.9. The molecule has 0 spiro atoms. The molecule has 2 unspecified atom stereocenters. The molecule has 2 rings (SSSR count). The average Bonchev–Trinajstić information content (AvgIpc) is 2.70. The Hall–Kier alpha value is -0.470. The lowest BCUT2D eigenvalue weighted by molar-refractivity contribution is 0.119. The van der Waals surface area contributed by atoms with Crippen molar-refractivity contribution in [3.63, 3.8) is 0 Å². The lowest BCUT2D eigenvalue weighted by Gasteiger charge is -2.18. The molecule has 0 aromatic heterocycles. The van der Waals surface area contributed by atoms with Gasteiger partial charge in [-0.25, -0.2) is 0 Å². The van der Waals surface area contributed by atoms with Crippen LogP contribution < -0.4 is 0 Å². The zero-order valence-electron chi connectivity index (χ0n) is 10.3. The lowest BCUT2D eigenvalue weighted by Crippen LogP contribution is -2.12. The van der Waals surface area contributed by atoms with Crippen LogP contribution in [0.5, 0.6) is 0 Å². The maximum atomic E-state index is 9.71. The van der Waals surface area contributed by atoms with E-state index in [1.807, 2.05) is 26.0 Å². The fourth-order valence-electron chi connectivity index (χ4n) is 1.97. The first kappa shape index (κ1) is 13.0. The van der Waals surface area contributed by atoms with Gasteiger partial charge in [0.15, 0.2) is 0 Å². The molecule has 0 saturated heterocycles. The van der Waals surface area contributed by atoms with Crippen LogP contribution in [0.1, 0.15) is 31.4 Å². The molecule has 1 N–H and O–H groups in total. The largest absolute Gasteiger partial charge is 0.330 e. The Morgan fingerprint density at radius 2 is 1.94 bits per heavy atom. The van der Waals surface area contributed by atoms with E-state index >= 15 is 0 Å². The summed E-state index contributed by atoms with van der Waals surface area (Å²) in [5.41, 5.74) is 2.65. The van der Waals surface area contributed by atoms with Crippen LogP contribution in [0.4, 0.5) is 0 Å². The van der Waals surface area contributed by atoms with Gasteiger partial charge in [-0.15, -0.1) is 0 Å². The minimum absolute atomic E-state index is 0.0508. The summed E-state index contributed by atoms with van der Waals surface area (Å²) in [5, 5.41) is 0. The van der Waals surface area contributed by atoms with Gasteiger partial charge in [-0.2, -0.15) is 0 Å². The average molecular weight is 254 g/mol. The molecule has 0 bridgehead atoms. The van der Waals surface area contributed by atoms with Crippen LogP contribution in [0.15, 0.2) is 24.3 Å². The van der Waals surface area contributed by atoms with E-state index in [4.69, 9.17) is 9.05 Å². The van der Waals surface area contributed by atoms with E-state index in [-0.39, 0.29) is 12.2 Å². The van der Waals surface area contributed by atoms with Crippen molar-refractivity contribution in [1.82, 2.24) is 0 Å². The van der Waals surface area contributed by atoms with Gasteiger partial charge >= 0.3 is 8.60 Å². The van der Waals surface area contributed by atoms with Gasteiger partial charge in [-0.3, -0.25) is 0 Å². The maximum absolute atomic E-state index is 9.71. The molecular formula is C13H19O3P. The van der Waals surface area contributed by atoms with Crippen molar-refractivity contribution in [2.75, 3.05) is 0 Å². The monoisotopic (exact) mass is 254 g/mol. The number of hydrogen-bond donors (Lipinski definition) is 1. The van der Waals surface area contributed by atoms with Crippen molar-refractivity contribution >= 4 is 8.60 Å². The predicted molar refractivity (Wildman–Crippen MR) is 68.7 cm³/mol. The van der Waals surface area contributed by atoms with Crippen LogP contribution in [-0.2, 0) is 21.9 Å². The number of fused-ring (bicyclic) bond motifs is 1. The number of hydrogen-bond acceptors (Lipinski definition) is 3. The van der Waals surface area contributed by atoms with E-state index in [0.717, 1.165) is 19.3 Å². The molecular weight excluding hydrogens is 235 g/mol. The van der Waals surface area contributed by atoms with Crippen LogP contribution in [0.2, 0.25) is 0 Å². The van der Waals surface area contributed by atoms with Crippen LogP contribution in [0.25, 0.3) is 0 Å². The summed E-state index contributed by atoms with van der Waals surface area (Å²) >= 11 is 0. The Kier molecular flexibility index (Phi) is 4.52. The lowest BCUT2D eigenvalue weighted by atomic mass is 10.1. The summed E-state index contributed by atoms with van der Waals surface area (Å²) in [4.78, 5) is 9.71. The molecule has 1 aromatic rings. The second-order valence-electron chi connectivity index (χ2n) is 4.47. The smallest absolute Gasteiger partial charge is 0.328 e. The highest BCUT2D eigenvalue weighted by molar-refractivity contribution is 7.40. The molecule has 1 aromatic carbocycles. The van der Waals surface area contributed by atoms with E-state index in [9.17, 15) is 4.89 Å². The van der Waals surface area contributed by atoms with Gasteiger partial charge in [0.25, 0.3) is 0 Å². The molecule has 0 amide bonds. The zero-order chi connectivity index (χ0) is 12.3. The van der Waals surface area contributed by atoms with Crippen molar-refractivity contribution in [2.24, 2.45) is 0 Å². The Morgan fingerprint density at radius 1 is 1.35 bits per heavy atom. The molecule has 94 valence electrons. The minimum atomic E-state index is -1.74. The van der Waals surface area contributed by atoms with Crippen LogP contribution in [-0.4, -0.2) is 17.1 Å². The van der Waals surface area contributed by atoms with Gasteiger partial charge < -0.3 is 13.9 Å². The van der Waals surface area contributed by atoms with Crippen molar-refractivity contribution in [3.05, 3.63) is 35.4 Å². The molecule has 0 aliphatic heterocycles. The Bertz CT molecular complexity index is 344. The third-order valence-corrected chi connectivity index (χ3v) is 4.12. The summed E-state index contributed by atoms with van der Waals surface area (Å²) in [7, 11) is -1.74. The van der Waals surface area contributed by atoms with Gasteiger partial charge in [0.05, 0.1) is 12.2 Å². The predicted octanol–water partition coefficient (Wildman–Crippen LogP) is 3.20. The summed E-state index contributed by atoms with van der Waals surface area (Å²) in [5.74, 6) is 0. The van der Waals surface area contributed by atoms with Crippen LogP contribution >= 0.6 is 8.60 Å². The van der Waals surface area contributed by atoms with Gasteiger partial charge in [-0.1, -0.05) is 31.2 Å². The highest BCUT2D eigenvalue weighted by Gasteiger charge is 2.25. The Labute approximate surface area is 104 Å². The van der Waals surface area contributed by atoms with Crippen LogP contribution in [0.3, 0.4) is 0 Å². The molecule has 4 heteroatoms. The summed E-state index contributed by atoms with van der Waals surface area (Å²) in [6, 6.07) is 8.32. The molecule has 1 aliphatic carbocycles. The summed E-state index contributed by atoms with van der Waals surface area (Å²) in [6.07, 6.45) is 2.74. The first-order chi connectivity index (χ1) is 8.19. The number of benzene rings is 1. The molecule has 0 radical (unpaired) electrons. The highest BCUT2D eigenvalue weighted by atomic mass is 31.2. The maximum Gasteiger partial charge on any atom is 0.330 e. The fourth-order valence-corrected chi connectivity index (χ4v) is 2.88. The van der Waals surface area contributed by atoms with Crippen LogP contribution in [0, 0.1) is 0 Å². The van der Waals surface area contributed by atoms with E-state index in [1.54, 1.807) is 0 Å². The molecule has 0 fully saturated rings. The Morgan fingerprint density at radius 3 is 2.47 bits per heavy atom. The molecule has 0 heterocycles. The number of rotatable bonds is 5. The molecule has 0 saturated carbocycles. The second-order valence-corrected chi connectivity index (χ2v) is 5.36. The second kappa shape index (κ2) is 5.92. The first-order valence-corrected chi connectivity index (χ1v) is 7.21. The third kappa shape index (κ3) is 3.49. The van der Waals surface area contributed by atoms with E-state index in [1.165, 1.54) is 11.1 Å². The van der Waals surface area contributed by atoms with Crippen molar-refractivity contribution < 1.29 is 13.9 Å². The van der Waals surface area contributed by atoms with Gasteiger partial charge in [0.1, 0.15) is 0 Å². The fraction of sp³-hybridized carbons (Fsp3) is 0.538. The molecule has 3 nitrogen and oxygen atoms in total. The highest BCUT2D eigenvalue weighted by Crippen LogP contribution is 2.40. The quantitative estimate of drug-likeness (QED) is 0.820. The van der Waals surface area contributed by atoms with E-state index in [2.05, 4.69) is 12.1 Å². The van der Waals surface area contributed by atoms with Crippen molar-refractivity contribution in [2.45, 2.75) is 45.3 Å². The standard InChI is InChI=1S/C13H19O3P/c1-3-10(2)15-17(14)16-13-8-11-6-4-5-7-12(11)9-13/h4-7,10,13-14H,3,8-9H2,1-2H3. The normalized spacial score (nSPS) is 19.0. The Balaban J connectivity index is 1.83. The molecule has 2 atom stereocenters. The topological polar surface area (TPSA) is 38.7 Å². The van der Waals surface area contributed by atoms with E-state index < -0.39 is 8.60 Å². The molecule has 17 heavy (non-hydrogen) atoms. The SMILES string of the molecule is CCC(C)OP(O)OC1Cc2ccccc2C1. The zero-order valence-corrected chi connectivity index (χ0v) is 11.2. The van der Waals surface area contributed by atoms with Crippen molar-refractivity contribution in [1.29, 1.82) is 0 Å².